The molecule has 7 heteroatoms. The van der Waals surface area contributed by atoms with Crippen LogP contribution in [0, 0.1) is 6.92 Å². The lowest BCUT2D eigenvalue weighted by atomic mass is 10.1. The van der Waals surface area contributed by atoms with Gasteiger partial charge in [0.15, 0.2) is 5.96 Å². The fraction of sp³-hybridized carbons (Fsp3) is 0.440. The number of hydrogen-bond acceptors (Lipinski definition) is 4. The Bertz CT molecular complexity index is 1020. The largest absolute Gasteiger partial charge is 0.379 e. The highest BCUT2D eigenvalue weighted by Gasteiger charge is 2.10. The van der Waals surface area contributed by atoms with Gasteiger partial charge in [-0.2, -0.15) is 0 Å². The molecule has 0 aliphatic carbocycles. The summed E-state index contributed by atoms with van der Waals surface area (Å²) in [6.45, 7) is 9.31. The van der Waals surface area contributed by atoms with Crippen LogP contribution in [0.3, 0.4) is 0 Å². The number of fused-ring (bicyclic) bond motifs is 1. The van der Waals surface area contributed by atoms with E-state index in [1.54, 1.807) is 0 Å². The highest BCUT2D eigenvalue weighted by Crippen LogP contribution is 2.15. The molecule has 0 unspecified atom stereocenters. The Labute approximate surface area is 190 Å². The molecule has 1 aliphatic heterocycles. The Morgan fingerprint density at radius 2 is 1.78 bits per heavy atom. The van der Waals surface area contributed by atoms with Crippen molar-refractivity contribution in [1.82, 2.24) is 25.1 Å². The first-order valence-corrected chi connectivity index (χ1v) is 11.5. The molecule has 4 rings (SSSR count). The van der Waals surface area contributed by atoms with Gasteiger partial charge in [0.05, 0.1) is 24.2 Å². The second-order valence-electron chi connectivity index (χ2n) is 8.21. The average molecular weight is 435 g/mol. The van der Waals surface area contributed by atoms with Crippen LogP contribution < -0.4 is 10.6 Å². The molecule has 170 valence electrons. The summed E-state index contributed by atoms with van der Waals surface area (Å²) in [5.41, 5.74) is 4.86. The summed E-state index contributed by atoms with van der Waals surface area (Å²) < 4.78 is 7.71. The Kier molecular flexibility index (Phi) is 7.74. The number of aryl methyl sites for hydroxylation is 2. The van der Waals surface area contributed by atoms with Crippen molar-refractivity contribution >= 4 is 17.0 Å². The van der Waals surface area contributed by atoms with Gasteiger partial charge in [-0.25, -0.2) is 4.98 Å². The number of hydrogen-bond donors (Lipinski definition) is 2. The zero-order valence-electron chi connectivity index (χ0n) is 19.2. The van der Waals surface area contributed by atoms with E-state index >= 15 is 0 Å². The van der Waals surface area contributed by atoms with E-state index in [2.05, 4.69) is 79.5 Å². The minimum Gasteiger partial charge on any atom is -0.379 e. The van der Waals surface area contributed by atoms with Gasteiger partial charge in [0.2, 0.25) is 0 Å². The van der Waals surface area contributed by atoms with Crippen molar-refractivity contribution in [1.29, 1.82) is 0 Å². The lowest BCUT2D eigenvalue weighted by Crippen LogP contribution is -2.37. The van der Waals surface area contributed by atoms with Crippen molar-refractivity contribution in [2.24, 2.45) is 4.99 Å². The summed E-state index contributed by atoms with van der Waals surface area (Å²) in [7, 11) is 1.81. The van der Waals surface area contributed by atoms with E-state index in [0.29, 0.717) is 0 Å². The highest BCUT2D eigenvalue weighted by molar-refractivity contribution is 5.79. The zero-order valence-corrected chi connectivity index (χ0v) is 19.2. The number of nitrogens with one attached hydrogen (secondary N) is 2. The van der Waals surface area contributed by atoms with Crippen LogP contribution in [0.4, 0.5) is 0 Å². The summed E-state index contributed by atoms with van der Waals surface area (Å²) in [4.78, 5) is 11.4. The van der Waals surface area contributed by atoms with Crippen molar-refractivity contribution in [3.8, 4) is 0 Å². The molecule has 7 nitrogen and oxygen atoms in total. The van der Waals surface area contributed by atoms with Gasteiger partial charge in [-0.05, 0) is 36.6 Å². The molecule has 1 aliphatic rings. The second-order valence-corrected chi connectivity index (χ2v) is 8.21. The number of aliphatic imine (C=N–C) groups is 1. The van der Waals surface area contributed by atoms with Gasteiger partial charge in [-0.15, -0.1) is 0 Å². The molecule has 0 saturated carbocycles. The summed E-state index contributed by atoms with van der Waals surface area (Å²) >= 11 is 0. The van der Waals surface area contributed by atoms with Crippen molar-refractivity contribution in [2.75, 3.05) is 39.9 Å². The molecular weight excluding hydrogens is 400 g/mol. The van der Waals surface area contributed by atoms with E-state index in [4.69, 9.17) is 4.74 Å². The van der Waals surface area contributed by atoms with Crippen LogP contribution in [0.25, 0.3) is 11.0 Å². The predicted molar refractivity (Wildman–Crippen MR) is 130 cm³/mol. The molecule has 3 aromatic rings. The quantitative estimate of drug-likeness (QED) is 0.324. The third kappa shape index (κ3) is 5.87. The fourth-order valence-electron chi connectivity index (χ4n) is 4.11. The fourth-order valence-corrected chi connectivity index (χ4v) is 4.11. The van der Waals surface area contributed by atoms with E-state index in [1.807, 2.05) is 13.1 Å². The van der Waals surface area contributed by atoms with Gasteiger partial charge >= 0.3 is 0 Å². The monoisotopic (exact) mass is 434 g/mol. The smallest absolute Gasteiger partial charge is 0.191 e. The van der Waals surface area contributed by atoms with Crippen LogP contribution in [0.15, 0.2) is 53.5 Å². The molecule has 0 atom stereocenters. The van der Waals surface area contributed by atoms with E-state index in [9.17, 15) is 0 Å². The molecule has 32 heavy (non-hydrogen) atoms. The summed E-state index contributed by atoms with van der Waals surface area (Å²) in [5, 5.41) is 6.84. The molecule has 0 amide bonds. The van der Waals surface area contributed by atoms with Gasteiger partial charge < -0.3 is 19.9 Å². The van der Waals surface area contributed by atoms with Gasteiger partial charge in [0, 0.05) is 46.3 Å². The SMILES string of the molecule is CN=C(NCCCn1c(C)nc2ccccc21)NCc1ccc(CN2CCOCC2)cc1. The van der Waals surface area contributed by atoms with E-state index in [1.165, 1.54) is 16.6 Å². The number of morpholine rings is 1. The number of imidazole rings is 1. The highest BCUT2D eigenvalue weighted by atomic mass is 16.5. The molecule has 2 aromatic carbocycles. The van der Waals surface area contributed by atoms with E-state index in [-0.39, 0.29) is 0 Å². The number of ether oxygens (including phenoxy) is 1. The van der Waals surface area contributed by atoms with Crippen LogP contribution in [0.5, 0.6) is 0 Å². The molecule has 1 aromatic heterocycles. The Balaban J connectivity index is 1.20. The topological polar surface area (TPSA) is 66.7 Å². The summed E-state index contributed by atoms with van der Waals surface area (Å²) in [5.74, 6) is 1.89. The van der Waals surface area contributed by atoms with Crippen LogP contribution >= 0.6 is 0 Å². The van der Waals surface area contributed by atoms with Gasteiger partial charge in [0.1, 0.15) is 5.82 Å². The number of aromatic nitrogens is 2. The molecule has 0 radical (unpaired) electrons. The van der Waals surface area contributed by atoms with E-state index in [0.717, 1.165) is 76.2 Å². The third-order valence-electron chi connectivity index (χ3n) is 5.91. The van der Waals surface area contributed by atoms with Crippen molar-refractivity contribution < 1.29 is 4.74 Å². The zero-order chi connectivity index (χ0) is 22.2. The Morgan fingerprint density at radius 3 is 2.56 bits per heavy atom. The molecule has 0 bridgehead atoms. The third-order valence-corrected chi connectivity index (χ3v) is 5.91. The maximum absolute atomic E-state index is 5.43. The van der Waals surface area contributed by atoms with Gasteiger partial charge in [-0.3, -0.25) is 9.89 Å². The number of nitrogens with zero attached hydrogens (tertiary/aromatic N) is 4. The minimum absolute atomic E-state index is 0.753. The number of benzene rings is 2. The number of para-hydroxylation sites is 2. The van der Waals surface area contributed by atoms with Crippen molar-refractivity contribution in [3.63, 3.8) is 0 Å². The maximum Gasteiger partial charge on any atom is 0.191 e. The summed E-state index contributed by atoms with van der Waals surface area (Å²) in [6, 6.07) is 17.1. The first-order chi connectivity index (χ1) is 15.7. The Hall–Kier alpha value is -2.90. The van der Waals surface area contributed by atoms with Gasteiger partial charge in [0.25, 0.3) is 0 Å². The van der Waals surface area contributed by atoms with Gasteiger partial charge in [-0.1, -0.05) is 36.4 Å². The molecular formula is C25H34N6O. The molecule has 1 saturated heterocycles. The lowest BCUT2D eigenvalue weighted by molar-refractivity contribution is 0.0342. The van der Waals surface area contributed by atoms with Crippen LogP contribution in [-0.4, -0.2) is 60.3 Å². The van der Waals surface area contributed by atoms with Crippen molar-refractivity contribution in [2.45, 2.75) is 33.0 Å². The number of rotatable bonds is 8. The van der Waals surface area contributed by atoms with E-state index < -0.39 is 0 Å². The Morgan fingerprint density at radius 1 is 1.03 bits per heavy atom. The number of guanidine groups is 1. The standard InChI is InChI=1S/C25H34N6O/c1-20-29-23-6-3-4-7-24(23)31(20)13-5-12-27-25(26-2)28-18-21-8-10-22(11-9-21)19-30-14-16-32-17-15-30/h3-4,6-11H,5,12-19H2,1-2H3,(H2,26,27,28). The predicted octanol–water partition coefficient (Wildman–Crippen LogP) is 2.93. The molecule has 0 spiro atoms. The first-order valence-electron chi connectivity index (χ1n) is 11.5. The second kappa shape index (κ2) is 11.1. The molecule has 1 fully saturated rings. The lowest BCUT2D eigenvalue weighted by Gasteiger charge is -2.26. The minimum atomic E-state index is 0.753. The normalized spacial score (nSPS) is 15.2. The average Bonchev–Trinajstić information content (AvgIpc) is 3.15. The molecule has 2 heterocycles. The maximum atomic E-state index is 5.43. The van der Waals surface area contributed by atoms with Crippen LogP contribution in [0.2, 0.25) is 0 Å². The van der Waals surface area contributed by atoms with Crippen molar-refractivity contribution in [3.05, 3.63) is 65.5 Å². The molecule has 2 N–H and O–H groups in total. The summed E-state index contributed by atoms with van der Waals surface area (Å²) in [6.07, 6.45) is 0.998. The van der Waals surface area contributed by atoms with Crippen LogP contribution in [0.1, 0.15) is 23.4 Å². The first kappa shape index (κ1) is 22.3. The van der Waals surface area contributed by atoms with Crippen LogP contribution in [-0.2, 0) is 24.4 Å².